The second-order valence-electron chi connectivity index (χ2n) is 2.16. The van der Waals surface area contributed by atoms with Crippen molar-refractivity contribution >= 4 is 11.6 Å². The van der Waals surface area contributed by atoms with Crippen molar-refractivity contribution in [2.45, 2.75) is 0 Å². The Balaban J connectivity index is 3.19. The first-order chi connectivity index (χ1) is 5.69. The van der Waals surface area contributed by atoms with Gasteiger partial charge >= 0.3 is 0 Å². The number of rotatable bonds is 2. The summed E-state index contributed by atoms with van der Waals surface area (Å²) in [6.45, 7) is 0. The molecule has 1 rings (SSSR count). The number of hydrogen-bond acceptors (Lipinski definition) is 3. The predicted octanol–water partition coefficient (Wildman–Crippen LogP) is 2.06. The normalized spacial score (nSPS) is 9.58. The topological polar surface area (TPSA) is 38.7 Å². The highest BCUT2D eigenvalue weighted by atomic mass is 35.5. The van der Waals surface area contributed by atoms with Crippen molar-refractivity contribution in [1.82, 2.24) is 0 Å². The summed E-state index contributed by atoms with van der Waals surface area (Å²) in [5.74, 6) is 0.939. The molecule has 0 aliphatic rings. The zero-order valence-electron chi connectivity index (χ0n) is 6.80. The summed E-state index contributed by atoms with van der Waals surface area (Å²) in [6, 6.07) is 2.90. The average molecular weight is 189 g/mol. The fourth-order valence-electron chi connectivity index (χ4n) is 0.843. The molecule has 0 spiro atoms. The van der Waals surface area contributed by atoms with E-state index in [9.17, 15) is 5.11 Å². The van der Waals surface area contributed by atoms with Crippen molar-refractivity contribution in [3.05, 3.63) is 17.2 Å². The second kappa shape index (κ2) is 3.54. The number of hydrogen-bond donors (Lipinski definition) is 1. The van der Waals surface area contributed by atoms with Gasteiger partial charge in [-0.05, 0) is 0 Å². The fourth-order valence-corrected chi connectivity index (χ4v) is 0.997. The molecule has 0 fully saturated rings. The maximum atomic E-state index is 9.18. The summed E-state index contributed by atoms with van der Waals surface area (Å²) >= 11 is 5.64. The molecule has 66 valence electrons. The van der Waals surface area contributed by atoms with Crippen LogP contribution in [0, 0.1) is 0 Å². The van der Waals surface area contributed by atoms with Crippen molar-refractivity contribution in [2.75, 3.05) is 14.2 Å². The average Bonchev–Trinajstić information content (AvgIpc) is 2.09. The van der Waals surface area contributed by atoms with Crippen LogP contribution in [0.4, 0.5) is 0 Å². The predicted molar refractivity (Wildman–Crippen MR) is 46.2 cm³/mol. The van der Waals surface area contributed by atoms with Crippen LogP contribution in [-0.4, -0.2) is 19.3 Å². The molecular weight excluding hydrogens is 180 g/mol. The molecule has 1 aromatic rings. The lowest BCUT2D eigenvalue weighted by Crippen LogP contribution is -1.89. The van der Waals surface area contributed by atoms with E-state index in [2.05, 4.69) is 0 Å². The van der Waals surface area contributed by atoms with Gasteiger partial charge < -0.3 is 14.6 Å². The highest BCUT2D eigenvalue weighted by molar-refractivity contribution is 6.32. The van der Waals surface area contributed by atoms with E-state index in [1.165, 1.54) is 26.4 Å². The lowest BCUT2D eigenvalue weighted by Gasteiger charge is -2.07. The maximum absolute atomic E-state index is 9.18. The number of aromatic hydroxyl groups is 1. The zero-order chi connectivity index (χ0) is 9.14. The van der Waals surface area contributed by atoms with Gasteiger partial charge in [0.2, 0.25) is 0 Å². The standard InChI is InChI=1S/C8H9ClO3/c1-11-7-3-5(9)6(10)4-8(7)12-2/h3-4,10H,1-2H3. The first kappa shape index (κ1) is 9.00. The summed E-state index contributed by atoms with van der Waals surface area (Å²) in [4.78, 5) is 0. The maximum Gasteiger partial charge on any atom is 0.164 e. The molecule has 0 aromatic heterocycles. The van der Waals surface area contributed by atoms with Gasteiger partial charge in [-0.2, -0.15) is 0 Å². The van der Waals surface area contributed by atoms with E-state index >= 15 is 0 Å². The van der Waals surface area contributed by atoms with Gasteiger partial charge in [0.25, 0.3) is 0 Å². The minimum absolute atomic E-state index is 0.0192. The van der Waals surface area contributed by atoms with Crippen molar-refractivity contribution < 1.29 is 14.6 Å². The lowest BCUT2D eigenvalue weighted by molar-refractivity contribution is 0.351. The Morgan fingerprint density at radius 3 is 2.17 bits per heavy atom. The van der Waals surface area contributed by atoms with Crippen LogP contribution in [-0.2, 0) is 0 Å². The monoisotopic (exact) mass is 188 g/mol. The van der Waals surface area contributed by atoms with Crippen molar-refractivity contribution in [2.24, 2.45) is 0 Å². The number of ether oxygens (including phenoxy) is 2. The summed E-state index contributed by atoms with van der Waals surface area (Å²) in [5.41, 5.74) is 0. The Morgan fingerprint density at radius 2 is 1.67 bits per heavy atom. The number of methoxy groups -OCH3 is 2. The van der Waals surface area contributed by atoms with Gasteiger partial charge in [-0.3, -0.25) is 0 Å². The Kier molecular flexibility index (Phi) is 2.65. The van der Waals surface area contributed by atoms with Crippen LogP contribution >= 0.6 is 11.6 Å². The van der Waals surface area contributed by atoms with Crippen LogP contribution in [0.3, 0.4) is 0 Å². The molecular formula is C8H9ClO3. The molecule has 0 radical (unpaired) electrons. The van der Waals surface area contributed by atoms with Crippen molar-refractivity contribution in [1.29, 1.82) is 0 Å². The Morgan fingerprint density at radius 1 is 1.17 bits per heavy atom. The van der Waals surface area contributed by atoms with Crippen LogP contribution in [0.2, 0.25) is 5.02 Å². The molecule has 0 aliphatic heterocycles. The lowest BCUT2D eigenvalue weighted by atomic mass is 10.3. The van der Waals surface area contributed by atoms with Gasteiger partial charge in [0.15, 0.2) is 11.5 Å². The van der Waals surface area contributed by atoms with Crippen molar-refractivity contribution in [3.8, 4) is 17.2 Å². The quantitative estimate of drug-likeness (QED) is 0.772. The highest BCUT2D eigenvalue weighted by Crippen LogP contribution is 2.36. The van der Waals surface area contributed by atoms with Crippen LogP contribution in [0.1, 0.15) is 0 Å². The zero-order valence-corrected chi connectivity index (χ0v) is 7.55. The van der Waals surface area contributed by atoms with Crippen LogP contribution in [0.15, 0.2) is 12.1 Å². The minimum Gasteiger partial charge on any atom is -0.506 e. The third-order valence-electron chi connectivity index (χ3n) is 1.45. The van der Waals surface area contributed by atoms with Crippen LogP contribution < -0.4 is 9.47 Å². The van der Waals surface area contributed by atoms with E-state index in [0.29, 0.717) is 11.5 Å². The second-order valence-corrected chi connectivity index (χ2v) is 2.57. The summed E-state index contributed by atoms with van der Waals surface area (Å²) < 4.78 is 9.88. The van der Waals surface area contributed by atoms with E-state index in [-0.39, 0.29) is 10.8 Å². The van der Waals surface area contributed by atoms with E-state index < -0.39 is 0 Å². The number of halogens is 1. The number of phenols is 1. The largest absolute Gasteiger partial charge is 0.506 e. The van der Waals surface area contributed by atoms with Crippen molar-refractivity contribution in [3.63, 3.8) is 0 Å². The fraction of sp³-hybridized carbons (Fsp3) is 0.250. The van der Waals surface area contributed by atoms with Gasteiger partial charge in [-0.1, -0.05) is 11.6 Å². The third-order valence-corrected chi connectivity index (χ3v) is 1.76. The molecule has 0 aliphatic carbocycles. The Labute approximate surface area is 75.5 Å². The van der Waals surface area contributed by atoms with Gasteiger partial charge in [0.05, 0.1) is 19.2 Å². The Bertz CT molecular complexity index is 257. The Hall–Kier alpha value is -1.09. The number of phenolic OH excluding ortho intramolecular Hbond substituents is 1. The van der Waals surface area contributed by atoms with Gasteiger partial charge in [0.1, 0.15) is 5.75 Å². The number of benzene rings is 1. The minimum atomic E-state index is -0.0192. The molecule has 4 heteroatoms. The molecule has 3 nitrogen and oxygen atoms in total. The van der Waals surface area contributed by atoms with E-state index in [1.807, 2.05) is 0 Å². The van der Waals surface area contributed by atoms with E-state index in [1.54, 1.807) is 0 Å². The van der Waals surface area contributed by atoms with E-state index in [0.717, 1.165) is 0 Å². The first-order valence-electron chi connectivity index (χ1n) is 3.29. The third kappa shape index (κ3) is 1.56. The molecule has 0 amide bonds. The summed E-state index contributed by atoms with van der Waals surface area (Å²) in [7, 11) is 3.00. The van der Waals surface area contributed by atoms with Gasteiger partial charge in [-0.15, -0.1) is 0 Å². The molecule has 0 unspecified atom stereocenters. The molecule has 0 heterocycles. The van der Waals surface area contributed by atoms with Crippen LogP contribution in [0.25, 0.3) is 0 Å². The van der Waals surface area contributed by atoms with Gasteiger partial charge in [-0.25, -0.2) is 0 Å². The molecule has 0 atom stereocenters. The molecule has 0 saturated carbocycles. The first-order valence-corrected chi connectivity index (χ1v) is 3.67. The van der Waals surface area contributed by atoms with E-state index in [4.69, 9.17) is 21.1 Å². The smallest absolute Gasteiger partial charge is 0.164 e. The molecule has 1 N–H and O–H groups in total. The molecule has 1 aromatic carbocycles. The molecule has 0 saturated heterocycles. The highest BCUT2D eigenvalue weighted by Gasteiger charge is 2.07. The molecule has 0 bridgehead atoms. The molecule has 12 heavy (non-hydrogen) atoms. The summed E-state index contributed by atoms with van der Waals surface area (Å²) in [5, 5.41) is 9.43. The van der Waals surface area contributed by atoms with Gasteiger partial charge in [0, 0.05) is 12.1 Å². The SMILES string of the molecule is COc1cc(O)c(Cl)cc1OC. The van der Waals surface area contributed by atoms with Crippen LogP contribution in [0.5, 0.6) is 17.2 Å². The summed E-state index contributed by atoms with van der Waals surface area (Å²) in [6.07, 6.45) is 0.